The molecule has 1 amide bonds. The minimum absolute atomic E-state index is 0.177. The lowest BCUT2D eigenvalue weighted by atomic mass is 10.2. The van der Waals surface area contributed by atoms with Crippen LogP contribution in [0, 0.1) is 6.92 Å². The normalized spacial score (nSPS) is 12.2. The number of ether oxygens (including phenoxy) is 2. The van der Waals surface area contributed by atoms with E-state index in [1.165, 1.54) is 16.9 Å². The van der Waals surface area contributed by atoms with E-state index < -0.39 is 0 Å². The molecule has 0 radical (unpaired) electrons. The van der Waals surface area contributed by atoms with Crippen molar-refractivity contribution in [1.82, 2.24) is 10.2 Å². The first-order valence-electron chi connectivity index (χ1n) is 7.30. The number of hydrogen-bond acceptors (Lipinski definition) is 6. The van der Waals surface area contributed by atoms with Gasteiger partial charge in [0.25, 0.3) is 5.91 Å². The van der Waals surface area contributed by atoms with Crippen molar-refractivity contribution in [2.24, 2.45) is 0 Å². The summed E-state index contributed by atoms with van der Waals surface area (Å²) < 4.78 is 10.5. The van der Waals surface area contributed by atoms with E-state index in [1.54, 1.807) is 18.2 Å². The van der Waals surface area contributed by atoms with Gasteiger partial charge in [0.15, 0.2) is 11.5 Å². The van der Waals surface area contributed by atoms with Crippen LogP contribution >= 0.6 is 11.3 Å². The Labute approximate surface area is 142 Å². The number of aromatic nitrogens is 2. The molecule has 1 aromatic heterocycles. The van der Waals surface area contributed by atoms with Gasteiger partial charge in [-0.25, -0.2) is 0 Å². The van der Waals surface area contributed by atoms with Gasteiger partial charge in [-0.1, -0.05) is 41.2 Å². The second kappa shape index (κ2) is 5.93. The highest BCUT2D eigenvalue weighted by atomic mass is 32.1. The van der Waals surface area contributed by atoms with Crippen LogP contribution in [-0.4, -0.2) is 22.9 Å². The third kappa shape index (κ3) is 2.81. The van der Waals surface area contributed by atoms with E-state index in [1.807, 2.05) is 31.2 Å². The van der Waals surface area contributed by atoms with Crippen LogP contribution in [0.1, 0.15) is 15.9 Å². The number of hydrogen-bond donors (Lipinski definition) is 1. The van der Waals surface area contributed by atoms with E-state index in [-0.39, 0.29) is 12.7 Å². The Morgan fingerprint density at radius 2 is 1.88 bits per heavy atom. The first-order valence-corrected chi connectivity index (χ1v) is 8.12. The molecule has 0 fully saturated rings. The lowest BCUT2D eigenvalue weighted by Crippen LogP contribution is -2.11. The summed E-state index contributed by atoms with van der Waals surface area (Å²) in [5, 5.41) is 12.1. The molecule has 0 saturated heterocycles. The summed E-state index contributed by atoms with van der Waals surface area (Å²) in [4.78, 5) is 12.3. The van der Waals surface area contributed by atoms with Crippen molar-refractivity contribution in [3.63, 3.8) is 0 Å². The zero-order valence-electron chi connectivity index (χ0n) is 12.8. The van der Waals surface area contributed by atoms with Crippen molar-refractivity contribution < 1.29 is 14.3 Å². The summed E-state index contributed by atoms with van der Waals surface area (Å²) in [5.74, 6) is 0.948. The Balaban J connectivity index is 1.51. The summed E-state index contributed by atoms with van der Waals surface area (Å²) in [5.41, 5.74) is 2.63. The van der Waals surface area contributed by atoms with Crippen molar-refractivity contribution in [3.8, 4) is 22.1 Å². The van der Waals surface area contributed by atoms with E-state index in [4.69, 9.17) is 9.47 Å². The minimum atomic E-state index is -0.264. The third-order valence-electron chi connectivity index (χ3n) is 3.58. The maximum Gasteiger partial charge on any atom is 0.257 e. The van der Waals surface area contributed by atoms with Crippen LogP contribution in [0.3, 0.4) is 0 Å². The van der Waals surface area contributed by atoms with Crippen LogP contribution < -0.4 is 14.8 Å². The SMILES string of the molecule is Cc1ccc(-c2nnc(NC(=O)c3ccc4c(c3)OCO4)s2)cc1. The summed E-state index contributed by atoms with van der Waals surface area (Å²) in [6.45, 7) is 2.21. The molecule has 0 aliphatic carbocycles. The first-order chi connectivity index (χ1) is 11.7. The average Bonchev–Trinajstić information content (AvgIpc) is 3.24. The Kier molecular flexibility index (Phi) is 3.62. The molecule has 0 unspecified atom stereocenters. The predicted molar refractivity (Wildman–Crippen MR) is 90.6 cm³/mol. The molecule has 0 bridgehead atoms. The van der Waals surface area contributed by atoms with Gasteiger partial charge in [-0.2, -0.15) is 0 Å². The number of carbonyl (C=O) groups excluding carboxylic acids is 1. The van der Waals surface area contributed by atoms with Gasteiger partial charge >= 0.3 is 0 Å². The van der Waals surface area contributed by atoms with Crippen LogP contribution in [0.5, 0.6) is 11.5 Å². The molecule has 0 saturated carbocycles. The van der Waals surface area contributed by atoms with E-state index in [9.17, 15) is 4.79 Å². The fourth-order valence-corrected chi connectivity index (χ4v) is 3.04. The maximum atomic E-state index is 12.3. The van der Waals surface area contributed by atoms with Gasteiger partial charge in [0.1, 0.15) is 5.01 Å². The first kappa shape index (κ1) is 14.6. The predicted octanol–water partition coefficient (Wildman–Crippen LogP) is 3.49. The monoisotopic (exact) mass is 339 g/mol. The summed E-state index contributed by atoms with van der Waals surface area (Å²) in [6, 6.07) is 13.1. The average molecular weight is 339 g/mol. The molecule has 24 heavy (non-hydrogen) atoms. The number of amides is 1. The lowest BCUT2D eigenvalue weighted by Gasteiger charge is -2.02. The van der Waals surface area contributed by atoms with Crippen LogP contribution in [0.15, 0.2) is 42.5 Å². The molecule has 2 aromatic carbocycles. The number of aryl methyl sites for hydroxylation is 1. The van der Waals surface area contributed by atoms with Gasteiger partial charge in [0.2, 0.25) is 11.9 Å². The number of benzene rings is 2. The fraction of sp³-hybridized carbons (Fsp3) is 0.118. The molecular formula is C17H13N3O3S. The maximum absolute atomic E-state index is 12.3. The molecule has 0 spiro atoms. The van der Waals surface area contributed by atoms with Gasteiger partial charge in [0, 0.05) is 11.1 Å². The number of nitrogens with one attached hydrogen (secondary N) is 1. The van der Waals surface area contributed by atoms with Gasteiger partial charge in [-0.15, -0.1) is 10.2 Å². The lowest BCUT2D eigenvalue weighted by molar-refractivity contribution is 0.102. The summed E-state index contributed by atoms with van der Waals surface area (Å²) >= 11 is 1.33. The molecule has 120 valence electrons. The van der Waals surface area contributed by atoms with Crippen molar-refractivity contribution in [1.29, 1.82) is 0 Å². The Morgan fingerprint density at radius 3 is 2.71 bits per heavy atom. The summed E-state index contributed by atoms with van der Waals surface area (Å²) in [7, 11) is 0. The minimum Gasteiger partial charge on any atom is -0.454 e. The molecule has 4 rings (SSSR count). The highest BCUT2D eigenvalue weighted by Crippen LogP contribution is 2.33. The van der Waals surface area contributed by atoms with Crippen LogP contribution in [0.2, 0.25) is 0 Å². The van der Waals surface area contributed by atoms with Crippen molar-refractivity contribution in [2.45, 2.75) is 6.92 Å². The van der Waals surface area contributed by atoms with Gasteiger partial charge in [0.05, 0.1) is 0 Å². The van der Waals surface area contributed by atoms with E-state index >= 15 is 0 Å². The fourth-order valence-electron chi connectivity index (χ4n) is 2.29. The molecule has 3 aromatic rings. The highest BCUT2D eigenvalue weighted by molar-refractivity contribution is 7.18. The number of anilines is 1. The van der Waals surface area contributed by atoms with Crippen LogP contribution in [0.4, 0.5) is 5.13 Å². The number of nitrogens with zero attached hydrogens (tertiary/aromatic N) is 2. The molecule has 7 heteroatoms. The van der Waals surface area contributed by atoms with Crippen molar-refractivity contribution in [3.05, 3.63) is 53.6 Å². The van der Waals surface area contributed by atoms with Crippen LogP contribution in [-0.2, 0) is 0 Å². The Hall–Kier alpha value is -2.93. The van der Waals surface area contributed by atoms with Crippen molar-refractivity contribution >= 4 is 22.4 Å². The largest absolute Gasteiger partial charge is 0.454 e. The van der Waals surface area contributed by atoms with Gasteiger partial charge < -0.3 is 9.47 Å². The Bertz CT molecular complexity index is 906. The third-order valence-corrected chi connectivity index (χ3v) is 4.47. The molecule has 6 nitrogen and oxygen atoms in total. The highest BCUT2D eigenvalue weighted by Gasteiger charge is 2.17. The standard InChI is InChI=1S/C17H13N3O3S/c1-10-2-4-11(5-3-10)16-19-20-17(24-16)18-15(21)12-6-7-13-14(8-12)23-9-22-13/h2-8H,9H2,1H3,(H,18,20,21). The second-order valence-corrected chi connectivity index (χ2v) is 6.28. The zero-order chi connectivity index (χ0) is 16.5. The molecule has 1 aliphatic heterocycles. The van der Waals surface area contributed by atoms with Gasteiger partial charge in [-0.05, 0) is 25.1 Å². The van der Waals surface area contributed by atoms with E-state index in [0.717, 1.165) is 10.6 Å². The van der Waals surface area contributed by atoms with Crippen LogP contribution in [0.25, 0.3) is 10.6 Å². The molecule has 1 N–H and O–H groups in total. The Morgan fingerprint density at radius 1 is 1.08 bits per heavy atom. The summed E-state index contributed by atoms with van der Waals surface area (Å²) in [6.07, 6.45) is 0. The van der Waals surface area contributed by atoms with Gasteiger partial charge in [-0.3, -0.25) is 10.1 Å². The van der Waals surface area contributed by atoms with E-state index in [0.29, 0.717) is 22.2 Å². The molecular weight excluding hydrogens is 326 g/mol. The number of carbonyl (C=O) groups is 1. The smallest absolute Gasteiger partial charge is 0.257 e. The topological polar surface area (TPSA) is 73.3 Å². The van der Waals surface area contributed by atoms with E-state index in [2.05, 4.69) is 15.5 Å². The molecule has 1 aliphatic rings. The quantitative estimate of drug-likeness (QED) is 0.791. The number of rotatable bonds is 3. The molecule has 0 atom stereocenters. The van der Waals surface area contributed by atoms with Crippen molar-refractivity contribution in [2.75, 3.05) is 12.1 Å². The zero-order valence-corrected chi connectivity index (χ0v) is 13.6. The second-order valence-electron chi connectivity index (χ2n) is 5.30. The molecule has 2 heterocycles. The number of fused-ring (bicyclic) bond motifs is 1.